The molecule has 4 aromatic rings. The fraction of sp³-hybridized carbons (Fsp3) is 0.0952. The zero-order chi connectivity index (χ0) is 19.5. The van der Waals surface area contributed by atoms with E-state index in [1.807, 2.05) is 37.3 Å². The van der Waals surface area contributed by atoms with Gasteiger partial charge in [-0.1, -0.05) is 65.8 Å². The van der Waals surface area contributed by atoms with Gasteiger partial charge in [-0.15, -0.1) is 11.3 Å². The van der Waals surface area contributed by atoms with Gasteiger partial charge in [0.15, 0.2) is 0 Å². The van der Waals surface area contributed by atoms with Crippen LogP contribution in [0.25, 0.3) is 20.7 Å². The monoisotopic (exact) mass is 425 g/mol. The van der Waals surface area contributed by atoms with Crippen LogP contribution in [0.5, 0.6) is 0 Å². The maximum Gasteiger partial charge on any atom is 0.237 e. The lowest BCUT2D eigenvalue weighted by atomic mass is 10.2. The molecule has 0 aliphatic heterocycles. The molecule has 0 saturated carbocycles. The van der Waals surface area contributed by atoms with Crippen LogP contribution in [0, 0.1) is 0 Å². The smallest absolute Gasteiger partial charge is 0.237 e. The van der Waals surface area contributed by atoms with Crippen LogP contribution < -0.4 is 5.32 Å². The number of amides is 1. The van der Waals surface area contributed by atoms with E-state index in [0.29, 0.717) is 10.7 Å². The van der Waals surface area contributed by atoms with Crippen molar-refractivity contribution in [2.75, 3.05) is 5.32 Å². The molecule has 7 heteroatoms. The number of aromatic nitrogens is 2. The van der Waals surface area contributed by atoms with Crippen molar-refractivity contribution >= 4 is 56.5 Å². The Morgan fingerprint density at radius 3 is 2.64 bits per heavy atom. The number of anilines is 1. The van der Waals surface area contributed by atoms with Crippen LogP contribution in [0.1, 0.15) is 6.92 Å². The quantitative estimate of drug-likeness (QED) is 0.308. The summed E-state index contributed by atoms with van der Waals surface area (Å²) in [6, 6.07) is 19.5. The summed E-state index contributed by atoms with van der Waals surface area (Å²) < 4.78 is 0. The van der Waals surface area contributed by atoms with Gasteiger partial charge in [0.2, 0.25) is 5.91 Å². The molecule has 2 heterocycles. The maximum atomic E-state index is 12.6. The third kappa shape index (κ3) is 4.04. The van der Waals surface area contributed by atoms with Crippen molar-refractivity contribution in [3.63, 3.8) is 0 Å². The molecule has 2 aromatic heterocycles. The van der Waals surface area contributed by atoms with E-state index in [1.165, 1.54) is 11.8 Å². The SMILES string of the molecule is CC(Sc1ncnc2sc(-c3ccccc3)cc12)C(=O)Nc1ccccc1Cl. The van der Waals surface area contributed by atoms with Crippen LogP contribution in [0.4, 0.5) is 5.69 Å². The average Bonchev–Trinajstić information content (AvgIpc) is 3.16. The largest absolute Gasteiger partial charge is 0.324 e. The minimum Gasteiger partial charge on any atom is -0.324 e. The van der Waals surface area contributed by atoms with E-state index in [2.05, 4.69) is 33.5 Å². The second-order valence-corrected chi connectivity index (χ2v) is 8.87. The Morgan fingerprint density at radius 2 is 1.86 bits per heavy atom. The first-order valence-electron chi connectivity index (χ1n) is 8.64. The standard InChI is InChI=1S/C21H16ClN3OS2/c1-13(19(26)25-17-10-6-5-9-16(17)22)27-20-15-11-18(14-7-3-2-4-8-14)28-21(15)24-12-23-20/h2-13H,1H3,(H,25,26). The summed E-state index contributed by atoms with van der Waals surface area (Å²) >= 11 is 9.17. The molecule has 0 aliphatic rings. The van der Waals surface area contributed by atoms with E-state index in [1.54, 1.807) is 29.8 Å². The molecule has 140 valence electrons. The van der Waals surface area contributed by atoms with Crippen LogP contribution in [0.2, 0.25) is 5.02 Å². The normalized spacial score (nSPS) is 12.1. The first-order valence-corrected chi connectivity index (χ1v) is 10.7. The molecule has 1 amide bonds. The van der Waals surface area contributed by atoms with Gasteiger partial charge < -0.3 is 5.32 Å². The fourth-order valence-electron chi connectivity index (χ4n) is 2.69. The molecule has 0 spiro atoms. The predicted molar refractivity (Wildman–Crippen MR) is 118 cm³/mol. The number of nitrogens with one attached hydrogen (secondary N) is 1. The van der Waals surface area contributed by atoms with Crippen molar-refractivity contribution in [2.45, 2.75) is 17.2 Å². The molecule has 0 bridgehead atoms. The molecule has 0 saturated heterocycles. The highest BCUT2D eigenvalue weighted by molar-refractivity contribution is 8.00. The molecular formula is C21H16ClN3OS2. The number of halogens is 1. The average molecular weight is 426 g/mol. The summed E-state index contributed by atoms with van der Waals surface area (Å²) in [6.45, 7) is 1.86. The Morgan fingerprint density at radius 1 is 1.11 bits per heavy atom. The predicted octanol–water partition coefficient (Wildman–Crippen LogP) is 6.13. The van der Waals surface area contributed by atoms with Gasteiger partial charge in [-0.05, 0) is 30.7 Å². The number of thioether (sulfide) groups is 1. The summed E-state index contributed by atoms with van der Waals surface area (Å²) in [7, 11) is 0. The van der Waals surface area contributed by atoms with Crippen molar-refractivity contribution in [1.82, 2.24) is 9.97 Å². The number of rotatable bonds is 5. The molecule has 4 nitrogen and oxygen atoms in total. The molecule has 0 fully saturated rings. The minimum absolute atomic E-state index is 0.122. The van der Waals surface area contributed by atoms with Crippen LogP contribution in [0.3, 0.4) is 0 Å². The zero-order valence-corrected chi connectivity index (χ0v) is 17.3. The first kappa shape index (κ1) is 18.9. The van der Waals surface area contributed by atoms with Gasteiger partial charge in [-0.25, -0.2) is 9.97 Å². The molecule has 1 atom stereocenters. The molecule has 1 unspecified atom stereocenters. The van der Waals surface area contributed by atoms with Gasteiger partial charge in [-0.2, -0.15) is 0 Å². The Hall–Kier alpha value is -2.41. The van der Waals surface area contributed by atoms with Crippen LogP contribution in [-0.2, 0) is 4.79 Å². The minimum atomic E-state index is -0.338. The summed E-state index contributed by atoms with van der Waals surface area (Å²) in [6.07, 6.45) is 1.55. The fourth-order valence-corrected chi connectivity index (χ4v) is 4.83. The number of benzene rings is 2. The number of thiophene rings is 1. The lowest BCUT2D eigenvalue weighted by molar-refractivity contribution is -0.115. The number of hydrogen-bond acceptors (Lipinski definition) is 5. The lowest BCUT2D eigenvalue weighted by Gasteiger charge is -2.12. The van der Waals surface area contributed by atoms with Crippen molar-refractivity contribution in [3.05, 3.63) is 72.0 Å². The highest BCUT2D eigenvalue weighted by Crippen LogP contribution is 2.37. The van der Waals surface area contributed by atoms with E-state index in [0.717, 1.165) is 25.7 Å². The van der Waals surface area contributed by atoms with E-state index < -0.39 is 0 Å². The lowest BCUT2D eigenvalue weighted by Crippen LogP contribution is -2.22. The number of carbonyl (C=O) groups is 1. The Kier molecular flexibility index (Phi) is 5.62. The Balaban J connectivity index is 1.56. The van der Waals surface area contributed by atoms with Crippen LogP contribution in [0.15, 0.2) is 72.0 Å². The second-order valence-electron chi connectivity index (χ2n) is 6.10. The number of nitrogens with zero attached hydrogens (tertiary/aromatic N) is 2. The molecule has 4 rings (SSSR count). The Bertz CT molecular complexity index is 1130. The number of fused-ring (bicyclic) bond motifs is 1. The van der Waals surface area contributed by atoms with Gasteiger partial charge in [0.25, 0.3) is 0 Å². The summed E-state index contributed by atoms with van der Waals surface area (Å²) in [5.41, 5.74) is 1.75. The van der Waals surface area contributed by atoms with E-state index in [4.69, 9.17) is 11.6 Å². The summed E-state index contributed by atoms with van der Waals surface area (Å²) in [5, 5.41) is 4.82. The third-order valence-corrected chi connectivity index (χ3v) is 6.68. The van der Waals surface area contributed by atoms with Crippen molar-refractivity contribution < 1.29 is 4.79 Å². The van der Waals surface area contributed by atoms with Crippen LogP contribution in [-0.4, -0.2) is 21.1 Å². The highest BCUT2D eigenvalue weighted by atomic mass is 35.5. The number of carbonyl (C=O) groups excluding carboxylic acids is 1. The van der Waals surface area contributed by atoms with Crippen molar-refractivity contribution in [3.8, 4) is 10.4 Å². The molecule has 2 aromatic carbocycles. The van der Waals surface area contributed by atoms with Gasteiger partial charge in [0.05, 0.1) is 16.0 Å². The van der Waals surface area contributed by atoms with Crippen molar-refractivity contribution in [2.24, 2.45) is 0 Å². The van der Waals surface area contributed by atoms with Crippen LogP contribution >= 0.6 is 34.7 Å². The molecule has 1 N–H and O–H groups in total. The molecule has 28 heavy (non-hydrogen) atoms. The zero-order valence-electron chi connectivity index (χ0n) is 14.9. The van der Waals surface area contributed by atoms with Gasteiger partial charge in [0, 0.05) is 10.3 Å². The van der Waals surface area contributed by atoms with E-state index in [9.17, 15) is 4.79 Å². The number of para-hydroxylation sites is 1. The maximum absolute atomic E-state index is 12.6. The van der Waals surface area contributed by atoms with E-state index >= 15 is 0 Å². The van der Waals surface area contributed by atoms with Gasteiger partial charge in [-0.3, -0.25) is 4.79 Å². The summed E-state index contributed by atoms with van der Waals surface area (Å²) in [4.78, 5) is 23.5. The molecule has 0 radical (unpaired) electrons. The third-order valence-electron chi connectivity index (χ3n) is 4.14. The van der Waals surface area contributed by atoms with E-state index in [-0.39, 0.29) is 11.2 Å². The van der Waals surface area contributed by atoms with Gasteiger partial charge >= 0.3 is 0 Å². The second kappa shape index (κ2) is 8.31. The highest BCUT2D eigenvalue weighted by Gasteiger charge is 2.19. The summed E-state index contributed by atoms with van der Waals surface area (Å²) in [5.74, 6) is -0.122. The molecule has 0 aliphatic carbocycles. The van der Waals surface area contributed by atoms with Crippen molar-refractivity contribution in [1.29, 1.82) is 0 Å². The first-order chi connectivity index (χ1) is 13.6. The Labute approximate surface area is 176 Å². The van der Waals surface area contributed by atoms with Gasteiger partial charge in [0.1, 0.15) is 16.2 Å². The number of hydrogen-bond donors (Lipinski definition) is 1. The molecular weight excluding hydrogens is 410 g/mol. The topological polar surface area (TPSA) is 54.9 Å².